The van der Waals surface area contributed by atoms with Crippen molar-refractivity contribution >= 4 is 40.2 Å². The Bertz CT molecular complexity index is 2380. The van der Waals surface area contributed by atoms with Gasteiger partial charge in [0, 0.05) is 27.8 Å². The first kappa shape index (κ1) is 32.0. The van der Waals surface area contributed by atoms with E-state index in [1.165, 1.54) is 11.8 Å². The largest absolute Gasteiger partial charge is 0.478 e. The Morgan fingerprint density at radius 2 is 1.26 bits per heavy atom. The number of rotatable bonds is 9. The lowest BCUT2D eigenvalue weighted by Gasteiger charge is -2.19. The summed E-state index contributed by atoms with van der Waals surface area (Å²) >= 11 is 1.23. The fourth-order valence-electron chi connectivity index (χ4n) is 5.76. The topological polar surface area (TPSA) is 116 Å². The number of hydrogen-bond acceptors (Lipinski definition) is 6. The van der Waals surface area contributed by atoms with Crippen LogP contribution < -0.4 is 5.32 Å². The van der Waals surface area contributed by atoms with Crippen molar-refractivity contribution in [3.05, 3.63) is 168 Å². The zero-order valence-corrected chi connectivity index (χ0v) is 27.3. The predicted molar refractivity (Wildman–Crippen MR) is 198 cm³/mol. The summed E-state index contributed by atoms with van der Waals surface area (Å²) in [6.45, 7) is 0. The van der Waals surface area contributed by atoms with E-state index < -0.39 is 11.2 Å². The zero-order chi connectivity index (χ0) is 34.5. The molecule has 0 bridgehead atoms. The Morgan fingerprint density at radius 1 is 0.680 bits per heavy atom. The number of benzene rings is 5. The van der Waals surface area contributed by atoms with Crippen LogP contribution in [-0.4, -0.2) is 27.0 Å². The molecule has 0 aliphatic rings. The normalized spacial score (nSPS) is 11.4. The van der Waals surface area contributed by atoms with E-state index in [1.807, 2.05) is 103 Å². The molecule has 0 aliphatic carbocycles. The van der Waals surface area contributed by atoms with E-state index in [0.29, 0.717) is 44.1 Å². The fourth-order valence-corrected chi connectivity index (χ4v) is 6.87. The van der Waals surface area contributed by atoms with E-state index >= 15 is 0 Å². The second-order valence-electron chi connectivity index (χ2n) is 11.4. The van der Waals surface area contributed by atoms with Crippen molar-refractivity contribution < 1.29 is 14.7 Å². The summed E-state index contributed by atoms with van der Waals surface area (Å²) in [5.41, 5.74) is 6.88. The maximum Gasteiger partial charge on any atom is 0.336 e. The summed E-state index contributed by atoms with van der Waals surface area (Å²) in [4.78, 5) is 35.8. The standard InChI is InChI=1S/C42H28N4O3S/c43-26-35-33(27-12-4-1-5-13-27)24-38(28-14-6-2-7-15-28)46-41(35)50-39(30-16-8-3-9-17-30)40(47)44-31-22-20-29(21-23-31)37-25-34(42(48)49)32-18-10-11-19-36(32)45-37/h1-25,39H,(H,44,47)(H,48,49). The van der Waals surface area contributed by atoms with Gasteiger partial charge in [-0.05, 0) is 41.5 Å². The number of nitriles is 1. The molecule has 1 atom stereocenters. The summed E-state index contributed by atoms with van der Waals surface area (Å²) in [5, 5.41) is 23.6. The third-order valence-corrected chi connectivity index (χ3v) is 9.46. The van der Waals surface area contributed by atoms with Crippen LogP contribution >= 0.6 is 11.8 Å². The van der Waals surface area contributed by atoms with Gasteiger partial charge in [0.05, 0.1) is 28.0 Å². The molecule has 2 N–H and O–H groups in total. The molecule has 0 radical (unpaired) electrons. The zero-order valence-electron chi connectivity index (χ0n) is 26.5. The minimum Gasteiger partial charge on any atom is -0.478 e. The molecule has 1 unspecified atom stereocenters. The summed E-state index contributed by atoms with van der Waals surface area (Å²) in [7, 11) is 0. The molecular weight excluding hydrogens is 641 g/mol. The number of hydrogen-bond donors (Lipinski definition) is 2. The van der Waals surface area contributed by atoms with Gasteiger partial charge in [0.1, 0.15) is 16.3 Å². The highest BCUT2D eigenvalue weighted by molar-refractivity contribution is 8.00. The number of anilines is 1. The predicted octanol–water partition coefficient (Wildman–Crippen LogP) is 9.67. The number of para-hydroxylation sites is 1. The third-order valence-electron chi connectivity index (χ3n) is 8.22. The van der Waals surface area contributed by atoms with Crippen molar-refractivity contribution in [2.75, 3.05) is 5.32 Å². The summed E-state index contributed by atoms with van der Waals surface area (Å²) in [5.74, 6) is -1.32. The molecule has 240 valence electrons. The highest BCUT2D eigenvalue weighted by Crippen LogP contribution is 2.41. The molecular formula is C42H28N4O3S. The number of carbonyl (C=O) groups is 2. The lowest BCUT2D eigenvalue weighted by molar-refractivity contribution is -0.115. The first-order valence-electron chi connectivity index (χ1n) is 15.8. The van der Waals surface area contributed by atoms with Gasteiger partial charge in [-0.25, -0.2) is 14.8 Å². The van der Waals surface area contributed by atoms with Crippen molar-refractivity contribution in [3.63, 3.8) is 0 Å². The summed E-state index contributed by atoms with van der Waals surface area (Å²) in [6, 6.07) is 49.0. The van der Waals surface area contributed by atoms with Gasteiger partial charge in [-0.3, -0.25) is 4.79 Å². The van der Waals surface area contributed by atoms with Gasteiger partial charge in [-0.15, -0.1) is 0 Å². The lowest BCUT2D eigenvalue weighted by Crippen LogP contribution is -2.19. The molecule has 0 fully saturated rings. The molecule has 50 heavy (non-hydrogen) atoms. The van der Waals surface area contributed by atoms with Crippen LogP contribution in [-0.2, 0) is 4.79 Å². The van der Waals surface area contributed by atoms with E-state index in [2.05, 4.69) is 16.4 Å². The number of carbonyl (C=O) groups excluding carboxylic acids is 1. The highest BCUT2D eigenvalue weighted by atomic mass is 32.2. The van der Waals surface area contributed by atoms with Crippen molar-refractivity contribution in [2.24, 2.45) is 0 Å². The van der Waals surface area contributed by atoms with Gasteiger partial charge >= 0.3 is 5.97 Å². The number of nitrogens with one attached hydrogen (secondary N) is 1. The smallest absolute Gasteiger partial charge is 0.336 e. The Balaban J connectivity index is 1.23. The molecule has 7 nitrogen and oxygen atoms in total. The molecule has 2 heterocycles. The Kier molecular flexibility index (Phi) is 9.14. The monoisotopic (exact) mass is 668 g/mol. The molecule has 7 aromatic rings. The number of nitrogens with zero attached hydrogens (tertiary/aromatic N) is 3. The van der Waals surface area contributed by atoms with Gasteiger partial charge in [0.2, 0.25) is 5.91 Å². The molecule has 2 aromatic heterocycles. The Labute approximate surface area is 292 Å². The minimum absolute atomic E-state index is 0.169. The molecule has 1 amide bonds. The number of fused-ring (bicyclic) bond motifs is 1. The SMILES string of the molecule is N#Cc1c(-c2ccccc2)cc(-c2ccccc2)nc1SC(C(=O)Nc1ccc(-c2cc(C(=O)O)c3ccccc3n2)cc1)c1ccccc1. The summed E-state index contributed by atoms with van der Waals surface area (Å²) < 4.78 is 0. The number of aromatic nitrogens is 2. The van der Waals surface area contributed by atoms with Crippen LogP contribution in [0.3, 0.4) is 0 Å². The number of carboxylic acids is 1. The number of pyridine rings is 2. The van der Waals surface area contributed by atoms with Crippen LogP contribution in [0.5, 0.6) is 0 Å². The van der Waals surface area contributed by atoms with Crippen LogP contribution in [0.2, 0.25) is 0 Å². The first-order chi connectivity index (χ1) is 24.5. The van der Waals surface area contributed by atoms with Crippen LogP contribution in [0.1, 0.15) is 26.7 Å². The fraction of sp³-hybridized carbons (Fsp3) is 0.0238. The van der Waals surface area contributed by atoms with Crippen LogP contribution in [0.25, 0.3) is 44.5 Å². The average Bonchev–Trinajstić information content (AvgIpc) is 3.17. The quantitative estimate of drug-likeness (QED) is 0.147. The van der Waals surface area contributed by atoms with Crippen LogP contribution in [0, 0.1) is 11.3 Å². The van der Waals surface area contributed by atoms with E-state index in [4.69, 9.17) is 4.98 Å². The minimum atomic E-state index is -1.03. The Morgan fingerprint density at radius 3 is 1.92 bits per heavy atom. The Hall–Kier alpha value is -6.56. The highest BCUT2D eigenvalue weighted by Gasteiger charge is 2.26. The first-order valence-corrected chi connectivity index (χ1v) is 16.7. The van der Waals surface area contributed by atoms with E-state index in [-0.39, 0.29) is 11.5 Å². The number of carboxylic acid groups (broad SMARTS) is 1. The van der Waals surface area contributed by atoms with Gasteiger partial charge in [0.15, 0.2) is 0 Å². The molecule has 5 aromatic carbocycles. The van der Waals surface area contributed by atoms with Crippen molar-refractivity contribution in [1.82, 2.24) is 9.97 Å². The molecule has 8 heteroatoms. The second kappa shape index (κ2) is 14.3. The van der Waals surface area contributed by atoms with Gasteiger partial charge in [0.25, 0.3) is 0 Å². The average molecular weight is 669 g/mol. The lowest BCUT2D eigenvalue weighted by atomic mass is 9.99. The number of thioether (sulfide) groups is 1. The van der Waals surface area contributed by atoms with Gasteiger partial charge < -0.3 is 10.4 Å². The van der Waals surface area contributed by atoms with Gasteiger partial charge in [-0.2, -0.15) is 5.26 Å². The van der Waals surface area contributed by atoms with Crippen LogP contribution in [0.15, 0.2) is 157 Å². The summed E-state index contributed by atoms with van der Waals surface area (Å²) in [6.07, 6.45) is 0. The van der Waals surface area contributed by atoms with Crippen molar-refractivity contribution in [1.29, 1.82) is 5.26 Å². The maximum atomic E-state index is 14.1. The molecule has 0 spiro atoms. The second-order valence-corrected chi connectivity index (χ2v) is 12.5. The van der Waals surface area contributed by atoms with Crippen molar-refractivity contribution in [2.45, 2.75) is 10.3 Å². The number of amides is 1. The molecule has 0 aliphatic heterocycles. The molecule has 0 saturated carbocycles. The maximum absolute atomic E-state index is 14.1. The van der Waals surface area contributed by atoms with Crippen LogP contribution in [0.4, 0.5) is 5.69 Å². The number of aromatic carboxylic acids is 1. The van der Waals surface area contributed by atoms with E-state index in [1.54, 1.807) is 48.5 Å². The van der Waals surface area contributed by atoms with Crippen molar-refractivity contribution in [3.8, 4) is 39.7 Å². The van der Waals surface area contributed by atoms with Gasteiger partial charge in [-0.1, -0.05) is 133 Å². The molecule has 0 saturated heterocycles. The molecule has 7 rings (SSSR count). The van der Waals surface area contributed by atoms with E-state index in [0.717, 1.165) is 22.3 Å². The third kappa shape index (κ3) is 6.72. The van der Waals surface area contributed by atoms with E-state index in [9.17, 15) is 20.0 Å².